The Labute approximate surface area is 101 Å². The molecule has 0 aromatic rings. The molecule has 0 heterocycles. The van der Waals surface area contributed by atoms with Crippen molar-refractivity contribution in [1.82, 2.24) is 4.90 Å². The first-order chi connectivity index (χ1) is 7.99. The molecule has 1 aliphatic rings. The summed E-state index contributed by atoms with van der Waals surface area (Å²) in [5.74, 6) is -0.0505. The van der Waals surface area contributed by atoms with Gasteiger partial charge in [0.05, 0.1) is 6.61 Å². The Morgan fingerprint density at radius 1 is 1.59 bits per heavy atom. The van der Waals surface area contributed by atoms with Crippen LogP contribution in [-0.4, -0.2) is 48.2 Å². The summed E-state index contributed by atoms with van der Waals surface area (Å²) in [4.78, 5) is 14.1. The lowest BCUT2D eigenvalue weighted by molar-refractivity contribution is -0.137. The number of hydrogen-bond donors (Lipinski definition) is 2. The maximum absolute atomic E-state index is 12.4. The highest BCUT2D eigenvalue weighted by Gasteiger charge is 2.56. The number of amidine groups is 1. The van der Waals surface area contributed by atoms with Crippen LogP contribution in [0.1, 0.15) is 26.7 Å². The van der Waals surface area contributed by atoms with E-state index < -0.39 is 5.41 Å². The van der Waals surface area contributed by atoms with E-state index in [0.29, 0.717) is 26.0 Å². The van der Waals surface area contributed by atoms with Gasteiger partial charge >= 0.3 is 0 Å². The molecule has 6 nitrogen and oxygen atoms in total. The summed E-state index contributed by atoms with van der Waals surface area (Å²) in [5.41, 5.74) is 4.83. The SMILES string of the molecule is COCCN(C(=O)C1(C(N)=NO)CC1)C(C)C. The summed E-state index contributed by atoms with van der Waals surface area (Å²) < 4.78 is 4.99. The van der Waals surface area contributed by atoms with E-state index in [1.165, 1.54) is 0 Å². The first-order valence-corrected chi connectivity index (χ1v) is 5.77. The van der Waals surface area contributed by atoms with Crippen LogP contribution >= 0.6 is 0 Å². The smallest absolute Gasteiger partial charge is 0.236 e. The van der Waals surface area contributed by atoms with E-state index in [1.807, 2.05) is 13.8 Å². The first kappa shape index (κ1) is 13.8. The predicted molar refractivity (Wildman–Crippen MR) is 63.8 cm³/mol. The number of oxime groups is 1. The van der Waals surface area contributed by atoms with Crippen LogP contribution in [0, 0.1) is 5.41 Å². The summed E-state index contributed by atoms with van der Waals surface area (Å²) in [6.45, 7) is 4.88. The van der Waals surface area contributed by atoms with E-state index in [0.717, 1.165) is 0 Å². The minimum atomic E-state index is -0.771. The Bertz CT molecular complexity index is 311. The van der Waals surface area contributed by atoms with Crippen molar-refractivity contribution in [2.45, 2.75) is 32.7 Å². The molecule has 0 saturated heterocycles. The number of nitrogens with two attached hydrogens (primary N) is 1. The second-order valence-electron chi connectivity index (χ2n) is 4.65. The number of methoxy groups -OCH3 is 1. The van der Waals surface area contributed by atoms with Gasteiger partial charge in [-0.15, -0.1) is 0 Å². The highest BCUT2D eigenvalue weighted by molar-refractivity contribution is 6.09. The fraction of sp³-hybridized carbons (Fsp3) is 0.818. The highest BCUT2D eigenvalue weighted by atomic mass is 16.5. The van der Waals surface area contributed by atoms with Gasteiger partial charge in [-0.25, -0.2) is 0 Å². The fourth-order valence-electron chi connectivity index (χ4n) is 1.86. The summed E-state index contributed by atoms with van der Waals surface area (Å²) in [5, 5.41) is 11.7. The summed E-state index contributed by atoms with van der Waals surface area (Å²) in [6, 6.07) is 0.0709. The Morgan fingerprint density at radius 3 is 2.53 bits per heavy atom. The molecule has 0 aromatic heterocycles. The second-order valence-corrected chi connectivity index (χ2v) is 4.65. The standard InChI is InChI=1S/C11H21N3O3/c1-8(2)14(6-7-17-3)10(15)11(4-5-11)9(12)13-16/h8,16H,4-7H2,1-3H3,(H2,12,13). The third kappa shape index (κ3) is 2.69. The van der Waals surface area contributed by atoms with Crippen LogP contribution in [0.25, 0.3) is 0 Å². The summed E-state index contributed by atoms with van der Waals surface area (Å²) >= 11 is 0. The van der Waals surface area contributed by atoms with Gasteiger partial charge in [0.25, 0.3) is 0 Å². The van der Waals surface area contributed by atoms with Gasteiger partial charge in [0.1, 0.15) is 5.41 Å². The molecule has 0 aromatic carbocycles. The van der Waals surface area contributed by atoms with Crippen molar-refractivity contribution in [3.05, 3.63) is 0 Å². The molecule has 0 bridgehead atoms. The Balaban J connectivity index is 2.78. The maximum atomic E-state index is 12.4. The van der Waals surface area contributed by atoms with Gasteiger partial charge < -0.3 is 20.6 Å². The van der Waals surface area contributed by atoms with Gasteiger partial charge in [0.2, 0.25) is 5.91 Å². The van der Waals surface area contributed by atoms with Crippen LogP contribution in [0.15, 0.2) is 5.16 Å². The lowest BCUT2D eigenvalue weighted by atomic mass is 10.0. The monoisotopic (exact) mass is 243 g/mol. The van der Waals surface area contributed by atoms with Crippen molar-refractivity contribution in [3.8, 4) is 0 Å². The number of carbonyl (C=O) groups excluding carboxylic acids is 1. The molecule has 3 N–H and O–H groups in total. The first-order valence-electron chi connectivity index (χ1n) is 5.77. The molecular formula is C11H21N3O3. The molecule has 0 unspecified atom stereocenters. The van der Waals surface area contributed by atoms with Crippen molar-refractivity contribution in [2.24, 2.45) is 16.3 Å². The lowest BCUT2D eigenvalue weighted by Gasteiger charge is -2.30. The number of ether oxygens (including phenoxy) is 1. The predicted octanol–water partition coefficient (Wildman–Crippen LogP) is 0.396. The third-order valence-electron chi connectivity index (χ3n) is 3.18. The van der Waals surface area contributed by atoms with Crippen LogP contribution in [0.3, 0.4) is 0 Å². The van der Waals surface area contributed by atoms with E-state index in [9.17, 15) is 4.79 Å². The molecular weight excluding hydrogens is 222 g/mol. The Kier molecular flexibility index (Phi) is 4.34. The maximum Gasteiger partial charge on any atom is 0.236 e. The number of carbonyl (C=O) groups is 1. The zero-order valence-electron chi connectivity index (χ0n) is 10.6. The molecule has 1 fully saturated rings. The quantitative estimate of drug-likeness (QED) is 0.306. The van der Waals surface area contributed by atoms with E-state index in [1.54, 1.807) is 12.0 Å². The highest BCUT2D eigenvalue weighted by Crippen LogP contribution is 2.47. The Morgan fingerprint density at radius 2 is 2.18 bits per heavy atom. The third-order valence-corrected chi connectivity index (χ3v) is 3.18. The minimum absolute atomic E-state index is 0.0190. The van der Waals surface area contributed by atoms with Crippen molar-refractivity contribution < 1.29 is 14.7 Å². The van der Waals surface area contributed by atoms with Gasteiger partial charge in [-0.2, -0.15) is 0 Å². The lowest BCUT2D eigenvalue weighted by Crippen LogP contribution is -2.47. The molecule has 0 spiro atoms. The van der Waals surface area contributed by atoms with Crippen LogP contribution in [-0.2, 0) is 9.53 Å². The molecule has 1 rings (SSSR count). The molecule has 98 valence electrons. The zero-order chi connectivity index (χ0) is 13.1. The van der Waals surface area contributed by atoms with Gasteiger partial charge in [0, 0.05) is 19.7 Å². The number of nitrogens with zero attached hydrogens (tertiary/aromatic N) is 2. The molecule has 6 heteroatoms. The normalized spacial score (nSPS) is 18.2. The summed E-state index contributed by atoms with van der Waals surface area (Å²) in [6.07, 6.45) is 1.30. The second kappa shape index (κ2) is 5.35. The van der Waals surface area contributed by atoms with Crippen molar-refractivity contribution in [3.63, 3.8) is 0 Å². The van der Waals surface area contributed by atoms with E-state index in [4.69, 9.17) is 15.7 Å². The molecule has 17 heavy (non-hydrogen) atoms. The van der Waals surface area contributed by atoms with Gasteiger partial charge in [-0.3, -0.25) is 4.79 Å². The largest absolute Gasteiger partial charge is 0.409 e. The van der Waals surface area contributed by atoms with Crippen LogP contribution in [0.2, 0.25) is 0 Å². The molecule has 1 saturated carbocycles. The van der Waals surface area contributed by atoms with Crippen LogP contribution in [0.5, 0.6) is 0 Å². The molecule has 0 atom stereocenters. The van der Waals surface area contributed by atoms with Crippen molar-refractivity contribution >= 4 is 11.7 Å². The van der Waals surface area contributed by atoms with Crippen LogP contribution < -0.4 is 5.73 Å². The molecule has 1 aliphatic carbocycles. The molecule has 1 amide bonds. The fourth-order valence-corrected chi connectivity index (χ4v) is 1.86. The average molecular weight is 243 g/mol. The average Bonchev–Trinajstić information content (AvgIpc) is 3.09. The van der Waals surface area contributed by atoms with E-state index >= 15 is 0 Å². The Hall–Kier alpha value is -1.30. The minimum Gasteiger partial charge on any atom is -0.409 e. The van der Waals surface area contributed by atoms with Gasteiger partial charge in [-0.1, -0.05) is 5.16 Å². The summed E-state index contributed by atoms with van der Waals surface area (Å²) in [7, 11) is 1.60. The topological polar surface area (TPSA) is 88.2 Å². The number of hydrogen-bond acceptors (Lipinski definition) is 4. The van der Waals surface area contributed by atoms with Gasteiger partial charge in [-0.05, 0) is 26.7 Å². The van der Waals surface area contributed by atoms with Gasteiger partial charge in [0.15, 0.2) is 5.84 Å². The number of rotatable bonds is 6. The van der Waals surface area contributed by atoms with Crippen molar-refractivity contribution in [2.75, 3.05) is 20.3 Å². The van der Waals surface area contributed by atoms with E-state index in [2.05, 4.69) is 5.16 Å². The number of amides is 1. The van der Waals surface area contributed by atoms with Crippen molar-refractivity contribution in [1.29, 1.82) is 0 Å². The molecule has 0 aliphatic heterocycles. The zero-order valence-corrected chi connectivity index (χ0v) is 10.6. The van der Waals surface area contributed by atoms with Crippen LogP contribution in [0.4, 0.5) is 0 Å². The molecule has 0 radical (unpaired) electrons. The van der Waals surface area contributed by atoms with E-state index in [-0.39, 0.29) is 17.8 Å².